The van der Waals surface area contributed by atoms with Crippen LogP contribution in [0.5, 0.6) is 0 Å². The highest BCUT2D eigenvalue weighted by molar-refractivity contribution is 5.95. The normalized spacial score (nSPS) is 16.3. The zero-order valence-electron chi connectivity index (χ0n) is 17.3. The molecule has 5 heterocycles. The number of ether oxygens (including phenoxy) is 1. The summed E-state index contributed by atoms with van der Waals surface area (Å²) < 4.78 is 5.59. The van der Waals surface area contributed by atoms with Gasteiger partial charge in [0, 0.05) is 37.2 Å². The molecule has 1 fully saturated rings. The van der Waals surface area contributed by atoms with Crippen molar-refractivity contribution in [3.8, 4) is 11.3 Å². The molecule has 10 heteroatoms. The number of H-pyrrole nitrogens is 2. The van der Waals surface area contributed by atoms with Crippen molar-refractivity contribution >= 4 is 28.1 Å². The number of fused-ring (bicyclic) bond motifs is 1. The third-order valence-corrected chi connectivity index (χ3v) is 5.30. The van der Waals surface area contributed by atoms with Gasteiger partial charge in [-0.05, 0) is 36.6 Å². The van der Waals surface area contributed by atoms with Gasteiger partial charge in [0.2, 0.25) is 0 Å². The second kappa shape index (κ2) is 8.23. The number of aromatic nitrogens is 5. The van der Waals surface area contributed by atoms with E-state index in [4.69, 9.17) is 4.74 Å². The Morgan fingerprint density at radius 3 is 2.81 bits per heavy atom. The number of morpholine rings is 1. The van der Waals surface area contributed by atoms with Crippen LogP contribution in [0.15, 0.2) is 58.6 Å². The summed E-state index contributed by atoms with van der Waals surface area (Å²) in [6, 6.07) is 7.42. The van der Waals surface area contributed by atoms with Crippen LogP contribution in [-0.2, 0) is 4.74 Å². The lowest BCUT2D eigenvalue weighted by Crippen LogP contribution is -2.41. The number of anilines is 3. The lowest BCUT2D eigenvalue weighted by Gasteiger charge is -2.32. The minimum Gasteiger partial charge on any atom is -0.375 e. The summed E-state index contributed by atoms with van der Waals surface area (Å²) in [6.07, 6.45) is 6.46. The zero-order valence-corrected chi connectivity index (χ0v) is 17.3. The molecule has 10 nitrogen and oxygen atoms in total. The molecule has 1 atom stereocenters. The van der Waals surface area contributed by atoms with Crippen molar-refractivity contribution in [2.24, 2.45) is 0 Å². The number of aromatic amines is 2. The molecule has 4 aromatic rings. The van der Waals surface area contributed by atoms with Gasteiger partial charge < -0.3 is 24.9 Å². The van der Waals surface area contributed by atoms with Crippen molar-refractivity contribution in [3.63, 3.8) is 0 Å². The summed E-state index contributed by atoms with van der Waals surface area (Å²) >= 11 is 0. The van der Waals surface area contributed by atoms with E-state index in [1.165, 1.54) is 6.20 Å². The summed E-state index contributed by atoms with van der Waals surface area (Å²) in [4.78, 5) is 44.2. The molecule has 0 radical (unpaired) electrons. The van der Waals surface area contributed by atoms with Crippen LogP contribution in [0.3, 0.4) is 0 Å². The Morgan fingerprint density at radius 1 is 1.16 bits per heavy atom. The summed E-state index contributed by atoms with van der Waals surface area (Å²) in [6.45, 7) is 4.30. The molecule has 0 amide bonds. The molecule has 0 bridgehead atoms. The van der Waals surface area contributed by atoms with E-state index in [0.29, 0.717) is 40.1 Å². The first-order valence-electron chi connectivity index (χ1n) is 10.2. The molecule has 4 aromatic heterocycles. The molecule has 1 aliphatic heterocycles. The molecule has 0 aliphatic carbocycles. The van der Waals surface area contributed by atoms with Crippen LogP contribution < -0.4 is 21.5 Å². The highest BCUT2D eigenvalue weighted by Gasteiger charge is 2.18. The number of pyridine rings is 3. The average molecular weight is 431 g/mol. The van der Waals surface area contributed by atoms with Crippen LogP contribution in [-0.4, -0.2) is 50.7 Å². The van der Waals surface area contributed by atoms with Crippen molar-refractivity contribution in [3.05, 3.63) is 69.9 Å². The third kappa shape index (κ3) is 3.95. The van der Waals surface area contributed by atoms with E-state index in [-0.39, 0.29) is 11.7 Å². The molecule has 1 unspecified atom stereocenters. The maximum atomic E-state index is 12.5. The Morgan fingerprint density at radius 2 is 2.06 bits per heavy atom. The average Bonchev–Trinajstić information content (AvgIpc) is 2.80. The number of hydrogen-bond donors (Lipinski definition) is 3. The molecule has 0 aromatic carbocycles. The van der Waals surface area contributed by atoms with Crippen LogP contribution >= 0.6 is 0 Å². The minimum absolute atomic E-state index is 0.163. The van der Waals surface area contributed by atoms with E-state index in [9.17, 15) is 9.59 Å². The Hall–Kier alpha value is -4.05. The van der Waals surface area contributed by atoms with E-state index in [2.05, 4.69) is 35.1 Å². The molecule has 32 heavy (non-hydrogen) atoms. The standard InChI is InChI=1S/C22H21N7O3/c1-13-12-29(6-7-32-13)18-3-2-16(11-24-18)27-20-19-14(4-5-23-21(19)30)8-17(28-20)15-9-25-22(31)26-10-15/h2-5,8-11,13H,6-7,12H2,1H3,(H,23,30)(H,27,28)(H,25,26,31). The van der Waals surface area contributed by atoms with E-state index in [0.717, 1.165) is 18.9 Å². The van der Waals surface area contributed by atoms with E-state index in [1.807, 2.05) is 19.1 Å². The molecule has 5 rings (SSSR count). The second-order valence-electron chi connectivity index (χ2n) is 7.59. The first-order chi connectivity index (χ1) is 15.6. The van der Waals surface area contributed by atoms with E-state index < -0.39 is 5.69 Å². The molecular formula is C22H21N7O3. The summed E-state index contributed by atoms with van der Waals surface area (Å²) in [7, 11) is 0. The fraction of sp³-hybridized carbons (Fsp3) is 0.227. The zero-order chi connectivity index (χ0) is 22.1. The monoisotopic (exact) mass is 431 g/mol. The van der Waals surface area contributed by atoms with Gasteiger partial charge in [-0.25, -0.2) is 19.7 Å². The Balaban J connectivity index is 1.51. The summed E-state index contributed by atoms with van der Waals surface area (Å²) in [5.74, 6) is 1.26. The Labute approximate surface area is 182 Å². The molecule has 162 valence electrons. The van der Waals surface area contributed by atoms with Crippen molar-refractivity contribution in [1.29, 1.82) is 0 Å². The van der Waals surface area contributed by atoms with Crippen LogP contribution in [0.1, 0.15) is 6.92 Å². The SMILES string of the molecule is CC1CN(c2ccc(Nc3nc(-c4cnc(=O)[nH]c4)cc4cc[nH]c(=O)c34)cn2)CCO1. The van der Waals surface area contributed by atoms with E-state index in [1.54, 1.807) is 30.7 Å². The lowest BCUT2D eigenvalue weighted by atomic mass is 10.1. The van der Waals surface area contributed by atoms with Crippen molar-refractivity contribution in [2.75, 3.05) is 29.9 Å². The molecular weight excluding hydrogens is 410 g/mol. The van der Waals surface area contributed by atoms with Gasteiger partial charge in [-0.3, -0.25) is 4.79 Å². The lowest BCUT2D eigenvalue weighted by molar-refractivity contribution is 0.0529. The second-order valence-corrected chi connectivity index (χ2v) is 7.59. The largest absolute Gasteiger partial charge is 0.375 e. The fourth-order valence-electron chi connectivity index (χ4n) is 3.75. The number of nitrogens with one attached hydrogen (secondary N) is 3. The molecule has 1 aliphatic rings. The van der Waals surface area contributed by atoms with Crippen molar-refractivity contribution < 1.29 is 4.74 Å². The molecule has 0 spiro atoms. The fourth-order valence-corrected chi connectivity index (χ4v) is 3.75. The molecule has 1 saturated heterocycles. The van der Waals surface area contributed by atoms with Gasteiger partial charge in [-0.15, -0.1) is 0 Å². The Bertz CT molecular complexity index is 1360. The minimum atomic E-state index is -0.440. The summed E-state index contributed by atoms with van der Waals surface area (Å²) in [5, 5.41) is 4.36. The van der Waals surface area contributed by atoms with Crippen LogP contribution in [0.25, 0.3) is 22.0 Å². The predicted molar refractivity (Wildman–Crippen MR) is 121 cm³/mol. The van der Waals surface area contributed by atoms with Gasteiger partial charge in [0.25, 0.3) is 5.56 Å². The smallest absolute Gasteiger partial charge is 0.344 e. The number of hydrogen-bond acceptors (Lipinski definition) is 8. The Kier molecular flexibility index (Phi) is 5.12. The predicted octanol–water partition coefficient (Wildman–Crippen LogP) is 2.04. The van der Waals surface area contributed by atoms with Gasteiger partial charge >= 0.3 is 5.69 Å². The maximum Gasteiger partial charge on any atom is 0.344 e. The van der Waals surface area contributed by atoms with Crippen molar-refractivity contribution in [1.82, 2.24) is 24.9 Å². The summed E-state index contributed by atoms with van der Waals surface area (Å²) in [5.41, 5.74) is 1.20. The number of nitrogens with zero attached hydrogens (tertiary/aromatic N) is 4. The van der Waals surface area contributed by atoms with Crippen LogP contribution in [0.4, 0.5) is 17.3 Å². The van der Waals surface area contributed by atoms with Gasteiger partial charge in [0.1, 0.15) is 11.6 Å². The van der Waals surface area contributed by atoms with Gasteiger partial charge in [0.05, 0.1) is 35.7 Å². The third-order valence-electron chi connectivity index (χ3n) is 5.30. The maximum absolute atomic E-state index is 12.5. The first kappa shape index (κ1) is 19.9. The van der Waals surface area contributed by atoms with E-state index >= 15 is 0 Å². The van der Waals surface area contributed by atoms with Crippen LogP contribution in [0.2, 0.25) is 0 Å². The topological polar surface area (TPSA) is 129 Å². The van der Waals surface area contributed by atoms with Gasteiger partial charge in [-0.1, -0.05) is 0 Å². The highest BCUT2D eigenvalue weighted by Crippen LogP contribution is 2.27. The van der Waals surface area contributed by atoms with Gasteiger partial charge in [0.15, 0.2) is 0 Å². The molecule has 0 saturated carbocycles. The number of rotatable bonds is 4. The van der Waals surface area contributed by atoms with Crippen LogP contribution in [0, 0.1) is 0 Å². The highest BCUT2D eigenvalue weighted by atomic mass is 16.5. The first-order valence-corrected chi connectivity index (χ1v) is 10.2. The van der Waals surface area contributed by atoms with Gasteiger partial charge in [-0.2, -0.15) is 0 Å². The quantitative estimate of drug-likeness (QED) is 0.448. The molecule has 3 N–H and O–H groups in total. The van der Waals surface area contributed by atoms with Crippen molar-refractivity contribution in [2.45, 2.75) is 13.0 Å².